The van der Waals surface area contributed by atoms with Crippen molar-refractivity contribution in [1.29, 1.82) is 0 Å². The molecule has 2 aromatic heterocycles. The lowest BCUT2D eigenvalue weighted by molar-refractivity contribution is -0.115. The van der Waals surface area contributed by atoms with Gasteiger partial charge in [-0.05, 0) is 44.2 Å². The molecule has 162 valence electrons. The number of sulfonamides is 1. The molecule has 1 saturated heterocycles. The monoisotopic (exact) mass is 483 g/mol. The summed E-state index contributed by atoms with van der Waals surface area (Å²) in [7, 11) is -3.55. The van der Waals surface area contributed by atoms with Gasteiger partial charge in [-0.1, -0.05) is 35.8 Å². The summed E-state index contributed by atoms with van der Waals surface area (Å²) < 4.78 is 33.3. The first-order chi connectivity index (χ1) is 15.2. The standard InChI is InChI=1S/C22H17N3O4S3/c1-13(2)25-32(27,28)18-7-4-14(5-8-18)3-6-15-11-23-12-16-9-17(29-20(15)16)10-19-21(26)24-22(30)31-19/h4-5,7-13,25H,1-2H3,(H,24,26,30). The highest BCUT2D eigenvalue weighted by Crippen LogP contribution is 2.29. The van der Waals surface area contributed by atoms with Crippen molar-refractivity contribution >= 4 is 61.3 Å². The maximum atomic E-state index is 12.2. The van der Waals surface area contributed by atoms with Crippen molar-refractivity contribution in [3.63, 3.8) is 0 Å². The molecule has 3 heterocycles. The van der Waals surface area contributed by atoms with Gasteiger partial charge in [0, 0.05) is 35.5 Å². The first kappa shape index (κ1) is 22.2. The number of carbonyl (C=O) groups is 1. The first-order valence-corrected chi connectivity index (χ1v) is 12.2. The van der Waals surface area contributed by atoms with Crippen molar-refractivity contribution in [3.05, 3.63) is 64.5 Å². The van der Waals surface area contributed by atoms with Crippen LogP contribution in [0, 0.1) is 11.8 Å². The second-order valence-corrected chi connectivity index (χ2v) is 10.6. The quantitative estimate of drug-likeness (QED) is 0.333. The molecule has 1 aliphatic heterocycles. The number of nitrogens with one attached hydrogen (secondary N) is 2. The predicted molar refractivity (Wildman–Crippen MR) is 128 cm³/mol. The molecule has 0 atom stereocenters. The molecule has 2 N–H and O–H groups in total. The number of pyridine rings is 1. The molecule has 1 aliphatic rings. The molecule has 0 spiro atoms. The third kappa shape index (κ3) is 4.92. The highest BCUT2D eigenvalue weighted by atomic mass is 32.2. The molecule has 4 rings (SSSR count). The first-order valence-electron chi connectivity index (χ1n) is 9.48. The van der Waals surface area contributed by atoms with Crippen molar-refractivity contribution in [2.45, 2.75) is 24.8 Å². The van der Waals surface area contributed by atoms with E-state index in [1.54, 1.807) is 50.5 Å². The van der Waals surface area contributed by atoms with E-state index in [-0.39, 0.29) is 16.8 Å². The van der Waals surface area contributed by atoms with Crippen LogP contribution in [0.25, 0.3) is 17.0 Å². The lowest BCUT2D eigenvalue weighted by Crippen LogP contribution is -2.30. The van der Waals surface area contributed by atoms with Crippen molar-refractivity contribution < 1.29 is 17.6 Å². The number of nitrogens with zero attached hydrogens (tertiary/aromatic N) is 1. The Morgan fingerprint density at radius 3 is 2.62 bits per heavy atom. The predicted octanol–water partition coefficient (Wildman–Crippen LogP) is 3.40. The van der Waals surface area contributed by atoms with Crippen molar-refractivity contribution in [2.24, 2.45) is 0 Å². The Labute approximate surface area is 194 Å². The summed E-state index contributed by atoms with van der Waals surface area (Å²) in [6.07, 6.45) is 4.87. The fourth-order valence-electron chi connectivity index (χ4n) is 2.93. The largest absolute Gasteiger partial charge is 0.455 e. The van der Waals surface area contributed by atoms with E-state index in [9.17, 15) is 13.2 Å². The van der Waals surface area contributed by atoms with Gasteiger partial charge < -0.3 is 9.73 Å². The van der Waals surface area contributed by atoms with Crippen molar-refractivity contribution in [2.75, 3.05) is 0 Å². The van der Waals surface area contributed by atoms with Crippen LogP contribution in [-0.2, 0) is 14.8 Å². The Kier molecular flexibility index (Phi) is 6.17. The molecule has 1 fully saturated rings. The van der Waals surface area contributed by atoms with E-state index in [0.29, 0.717) is 31.7 Å². The maximum Gasteiger partial charge on any atom is 0.263 e. The molecule has 7 nitrogen and oxygen atoms in total. The molecule has 0 aliphatic carbocycles. The molecule has 10 heteroatoms. The summed E-state index contributed by atoms with van der Waals surface area (Å²) in [5.41, 5.74) is 1.77. The molecule has 0 radical (unpaired) electrons. The minimum absolute atomic E-state index is 0.178. The number of fused-ring (bicyclic) bond motifs is 1. The lowest BCUT2D eigenvalue weighted by atomic mass is 10.2. The van der Waals surface area contributed by atoms with E-state index in [1.807, 2.05) is 0 Å². The fourth-order valence-corrected chi connectivity index (χ4v) is 5.20. The van der Waals surface area contributed by atoms with Crippen molar-refractivity contribution in [1.82, 2.24) is 15.0 Å². The number of benzene rings is 1. The third-order valence-electron chi connectivity index (χ3n) is 4.25. The maximum absolute atomic E-state index is 12.2. The second kappa shape index (κ2) is 8.88. The second-order valence-electron chi connectivity index (χ2n) is 7.16. The number of hydrogen-bond acceptors (Lipinski definition) is 7. The third-order valence-corrected chi connectivity index (χ3v) is 7.09. The number of carbonyl (C=O) groups excluding carboxylic acids is 1. The number of rotatable bonds is 4. The molecule has 3 aromatic rings. The van der Waals surface area contributed by atoms with Crippen LogP contribution >= 0.6 is 24.0 Å². The molecule has 32 heavy (non-hydrogen) atoms. The summed E-state index contributed by atoms with van der Waals surface area (Å²) in [6, 6.07) is 7.90. The van der Waals surface area contributed by atoms with E-state index in [2.05, 4.69) is 26.9 Å². The average molecular weight is 484 g/mol. The van der Waals surface area contributed by atoms with Crippen LogP contribution in [0.2, 0.25) is 0 Å². The Morgan fingerprint density at radius 2 is 1.97 bits per heavy atom. The van der Waals surface area contributed by atoms with E-state index in [4.69, 9.17) is 16.6 Å². The number of thioether (sulfide) groups is 1. The zero-order valence-electron chi connectivity index (χ0n) is 17.0. The molecular weight excluding hydrogens is 466 g/mol. The highest BCUT2D eigenvalue weighted by Gasteiger charge is 2.22. The van der Waals surface area contributed by atoms with Gasteiger partial charge in [-0.3, -0.25) is 9.78 Å². The van der Waals surface area contributed by atoms with Gasteiger partial charge in [0.05, 0.1) is 15.4 Å². The van der Waals surface area contributed by atoms with Crippen LogP contribution < -0.4 is 10.0 Å². The van der Waals surface area contributed by atoms with E-state index in [1.165, 1.54) is 23.9 Å². The van der Waals surface area contributed by atoms with Crippen LogP contribution in [0.1, 0.15) is 30.7 Å². The Hall–Kier alpha value is -2.97. The van der Waals surface area contributed by atoms with Gasteiger partial charge in [-0.2, -0.15) is 0 Å². The Morgan fingerprint density at radius 1 is 1.22 bits per heavy atom. The van der Waals surface area contributed by atoms with Crippen LogP contribution in [0.3, 0.4) is 0 Å². The topological polar surface area (TPSA) is 101 Å². The zero-order valence-corrected chi connectivity index (χ0v) is 19.5. The van der Waals surface area contributed by atoms with Gasteiger partial charge in [0.25, 0.3) is 5.91 Å². The van der Waals surface area contributed by atoms with Crippen molar-refractivity contribution in [3.8, 4) is 11.8 Å². The van der Waals surface area contributed by atoms with Crippen LogP contribution in [-0.4, -0.2) is 29.7 Å². The minimum atomic E-state index is -3.55. The van der Waals surface area contributed by atoms with Gasteiger partial charge in [-0.15, -0.1) is 0 Å². The van der Waals surface area contributed by atoms with Crippen LogP contribution in [0.4, 0.5) is 0 Å². The van der Waals surface area contributed by atoms with E-state index in [0.717, 1.165) is 5.39 Å². The number of amides is 1. The van der Waals surface area contributed by atoms with E-state index < -0.39 is 10.0 Å². The van der Waals surface area contributed by atoms with Crippen LogP contribution in [0.5, 0.6) is 0 Å². The molecule has 0 saturated carbocycles. The van der Waals surface area contributed by atoms with Gasteiger partial charge in [-0.25, -0.2) is 13.1 Å². The average Bonchev–Trinajstić information content (AvgIpc) is 3.28. The summed E-state index contributed by atoms with van der Waals surface area (Å²) in [5, 5.41) is 3.31. The van der Waals surface area contributed by atoms with Gasteiger partial charge >= 0.3 is 0 Å². The lowest BCUT2D eigenvalue weighted by Gasteiger charge is -2.09. The minimum Gasteiger partial charge on any atom is -0.455 e. The molecule has 1 amide bonds. The van der Waals surface area contributed by atoms with Gasteiger partial charge in [0.2, 0.25) is 10.0 Å². The smallest absolute Gasteiger partial charge is 0.263 e. The summed E-state index contributed by atoms with van der Waals surface area (Å²) >= 11 is 6.17. The normalized spacial score (nSPS) is 15.3. The fraction of sp³-hybridized carbons (Fsp3) is 0.136. The summed E-state index contributed by atoms with van der Waals surface area (Å²) in [5.74, 6) is 6.26. The Bertz CT molecular complexity index is 1430. The molecular formula is C22H17N3O4S3. The number of hydrogen-bond donors (Lipinski definition) is 2. The highest BCUT2D eigenvalue weighted by molar-refractivity contribution is 8.26. The zero-order chi connectivity index (χ0) is 22.9. The number of furan rings is 1. The van der Waals surface area contributed by atoms with Crippen LogP contribution in [0.15, 0.2) is 56.9 Å². The Balaban J connectivity index is 1.61. The number of thiocarbonyl (C=S) groups is 1. The molecule has 1 aromatic carbocycles. The van der Waals surface area contributed by atoms with Gasteiger partial charge in [0.1, 0.15) is 10.1 Å². The molecule has 0 bridgehead atoms. The van der Waals surface area contributed by atoms with Gasteiger partial charge in [0.15, 0.2) is 5.58 Å². The summed E-state index contributed by atoms with van der Waals surface area (Å²) in [4.78, 5) is 16.7. The number of aromatic nitrogens is 1. The SMILES string of the molecule is CC(C)NS(=O)(=O)c1ccc(C#Cc2cncc3cc(C=C4SC(=S)NC4=O)oc23)cc1. The summed E-state index contributed by atoms with van der Waals surface area (Å²) in [6.45, 7) is 3.53. The van der Waals surface area contributed by atoms with E-state index >= 15 is 0 Å². The molecule has 0 unspecified atom stereocenters.